The van der Waals surface area contributed by atoms with Gasteiger partial charge in [-0.15, -0.1) is 0 Å². The number of hydrogen-bond donors (Lipinski definition) is 1. The number of nitrogen functional groups attached to an aromatic ring is 1. The molecular formula is C21H35N5O3S. The summed E-state index contributed by atoms with van der Waals surface area (Å²) in [7, 11) is -3.16. The van der Waals surface area contributed by atoms with Gasteiger partial charge in [0.25, 0.3) is 0 Å². The zero-order valence-corrected chi connectivity index (χ0v) is 19.6. The number of aryl methyl sites for hydroxylation is 3. The molecule has 3 heterocycles. The van der Waals surface area contributed by atoms with Gasteiger partial charge in [-0.05, 0) is 65.4 Å². The molecule has 2 aromatic heterocycles. The van der Waals surface area contributed by atoms with Crippen LogP contribution in [0.2, 0.25) is 0 Å². The van der Waals surface area contributed by atoms with Gasteiger partial charge in [0, 0.05) is 31.9 Å². The van der Waals surface area contributed by atoms with Crippen LogP contribution in [0.25, 0.3) is 11.0 Å². The van der Waals surface area contributed by atoms with Gasteiger partial charge in [-0.2, -0.15) is 0 Å². The zero-order valence-electron chi connectivity index (χ0n) is 18.8. The fourth-order valence-electron chi connectivity index (χ4n) is 4.15. The first-order chi connectivity index (χ1) is 14.2. The van der Waals surface area contributed by atoms with Gasteiger partial charge in [-0.1, -0.05) is 0 Å². The van der Waals surface area contributed by atoms with Gasteiger partial charge in [0.2, 0.25) is 10.0 Å². The summed E-state index contributed by atoms with van der Waals surface area (Å²) in [6.07, 6.45) is 2.75. The van der Waals surface area contributed by atoms with Gasteiger partial charge in [0.1, 0.15) is 17.9 Å². The fourth-order valence-corrected chi connectivity index (χ4v) is 5.47. The van der Waals surface area contributed by atoms with Gasteiger partial charge < -0.3 is 15.0 Å². The Hall–Kier alpha value is -1.71. The van der Waals surface area contributed by atoms with Crippen molar-refractivity contribution in [2.24, 2.45) is 5.92 Å². The van der Waals surface area contributed by atoms with E-state index < -0.39 is 10.0 Å². The quantitative estimate of drug-likeness (QED) is 0.681. The second-order valence-electron chi connectivity index (χ2n) is 8.45. The minimum absolute atomic E-state index is 0.363. The SMILES string of the molecule is CCOCc1nc2c(N)nc(C)c(C)c2n1CCC1CCN(S(=O)(=O)C(C)C)CC1. The third-order valence-corrected chi connectivity index (χ3v) is 8.48. The van der Waals surface area contributed by atoms with Crippen molar-refractivity contribution in [1.29, 1.82) is 0 Å². The maximum atomic E-state index is 12.4. The molecule has 1 aliphatic rings. The first kappa shape index (κ1) is 23.0. The minimum atomic E-state index is -3.16. The average Bonchev–Trinajstić information content (AvgIpc) is 3.08. The van der Waals surface area contributed by atoms with Crippen LogP contribution >= 0.6 is 0 Å². The fraction of sp³-hybridized carbons (Fsp3) is 0.714. The lowest BCUT2D eigenvalue weighted by molar-refractivity contribution is 0.125. The highest BCUT2D eigenvalue weighted by atomic mass is 32.2. The number of ether oxygens (including phenoxy) is 1. The summed E-state index contributed by atoms with van der Waals surface area (Å²) < 4.78 is 34.3. The molecular weight excluding hydrogens is 402 g/mol. The molecule has 0 unspecified atom stereocenters. The summed E-state index contributed by atoms with van der Waals surface area (Å²) in [6, 6.07) is 0. The maximum Gasteiger partial charge on any atom is 0.216 e. The van der Waals surface area contributed by atoms with Crippen molar-refractivity contribution in [3.63, 3.8) is 0 Å². The molecule has 8 nitrogen and oxygen atoms in total. The van der Waals surface area contributed by atoms with Gasteiger partial charge in [0.15, 0.2) is 5.82 Å². The molecule has 2 N–H and O–H groups in total. The molecule has 0 radical (unpaired) electrons. The number of hydrogen-bond acceptors (Lipinski definition) is 6. The van der Waals surface area contributed by atoms with E-state index >= 15 is 0 Å². The second kappa shape index (κ2) is 9.20. The Morgan fingerprint density at radius 3 is 2.47 bits per heavy atom. The lowest BCUT2D eigenvalue weighted by atomic mass is 9.94. The van der Waals surface area contributed by atoms with Gasteiger partial charge in [-0.3, -0.25) is 0 Å². The second-order valence-corrected chi connectivity index (χ2v) is 10.9. The molecule has 30 heavy (non-hydrogen) atoms. The van der Waals surface area contributed by atoms with Crippen LogP contribution in [0.1, 0.15) is 57.1 Å². The number of aromatic nitrogens is 3. The predicted octanol–water partition coefficient (Wildman–Crippen LogP) is 3.01. The Labute approximate surface area is 179 Å². The van der Waals surface area contributed by atoms with E-state index in [-0.39, 0.29) is 5.25 Å². The zero-order chi connectivity index (χ0) is 22.1. The van der Waals surface area contributed by atoms with Crippen LogP contribution in [0.3, 0.4) is 0 Å². The molecule has 0 amide bonds. The molecule has 168 valence electrons. The monoisotopic (exact) mass is 437 g/mol. The van der Waals surface area contributed by atoms with Crippen molar-refractivity contribution in [2.75, 3.05) is 25.4 Å². The normalized spacial score (nSPS) is 16.7. The van der Waals surface area contributed by atoms with Crippen molar-refractivity contribution < 1.29 is 13.2 Å². The van der Waals surface area contributed by atoms with E-state index in [2.05, 4.69) is 16.5 Å². The molecule has 0 spiro atoms. The highest BCUT2D eigenvalue weighted by molar-refractivity contribution is 7.89. The summed E-state index contributed by atoms with van der Waals surface area (Å²) in [5.74, 6) is 1.81. The summed E-state index contributed by atoms with van der Waals surface area (Å²) in [5.41, 5.74) is 9.95. The van der Waals surface area contributed by atoms with E-state index in [1.165, 1.54) is 0 Å². The Kier molecular flexibility index (Phi) is 7.04. The summed E-state index contributed by atoms with van der Waals surface area (Å²) in [6.45, 7) is 12.6. The number of pyridine rings is 1. The molecule has 3 rings (SSSR count). The van der Waals surface area contributed by atoms with E-state index in [1.807, 2.05) is 13.8 Å². The first-order valence-electron chi connectivity index (χ1n) is 10.8. The number of fused-ring (bicyclic) bond motifs is 1. The number of rotatable bonds is 8. The average molecular weight is 438 g/mol. The van der Waals surface area contributed by atoms with Crippen LogP contribution in [-0.4, -0.2) is 52.2 Å². The largest absolute Gasteiger partial charge is 0.382 e. The Morgan fingerprint density at radius 2 is 1.87 bits per heavy atom. The molecule has 1 aliphatic heterocycles. The van der Waals surface area contributed by atoms with E-state index in [4.69, 9.17) is 15.5 Å². The van der Waals surface area contributed by atoms with Crippen LogP contribution in [0.15, 0.2) is 0 Å². The molecule has 0 atom stereocenters. The lowest BCUT2D eigenvalue weighted by Gasteiger charge is -2.32. The van der Waals surface area contributed by atoms with Gasteiger partial charge >= 0.3 is 0 Å². The van der Waals surface area contributed by atoms with Crippen LogP contribution in [0.4, 0.5) is 5.82 Å². The predicted molar refractivity (Wildman–Crippen MR) is 120 cm³/mol. The molecule has 9 heteroatoms. The van der Waals surface area contributed by atoms with Crippen LogP contribution in [0.5, 0.6) is 0 Å². The summed E-state index contributed by atoms with van der Waals surface area (Å²) >= 11 is 0. The number of nitrogens with zero attached hydrogens (tertiary/aromatic N) is 4. The Morgan fingerprint density at radius 1 is 1.20 bits per heavy atom. The third kappa shape index (κ3) is 4.48. The Bertz CT molecular complexity index is 992. The van der Waals surface area contributed by atoms with Crippen LogP contribution < -0.4 is 5.73 Å². The van der Waals surface area contributed by atoms with Gasteiger partial charge in [0.05, 0.1) is 10.8 Å². The molecule has 1 fully saturated rings. The molecule has 2 aromatic rings. The van der Waals surface area contributed by atoms with E-state index in [0.717, 1.165) is 53.9 Å². The van der Waals surface area contributed by atoms with E-state index in [1.54, 1.807) is 18.2 Å². The molecule has 0 aromatic carbocycles. The van der Waals surface area contributed by atoms with Crippen LogP contribution in [0, 0.1) is 19.8 Å². The molecule has 0 aliphatic carbocycles. The number of sulfonamides is 1. The van der Waals surface area contributed by atoms with Crippen molar-refractivity contribution in [3.05, 3.63) is 17.1 Å². The highest BCUT2D eigenvalue weighted by Crippen LogP contribution is 2.29. The number of anilines is 1. The Balaban J connectivity index is 1.77. The summed E-state index contributed by atoms with van der Waals surface area (Å²) in [4.78, 5) is 9.17. The number of imidazole rings is 1. The first-order valence-corrected chi connectivity index (χ1v) is 12.4. The minimum Gasteiger partial charge on any atom is -0.382 e. The van der Waals surface area contributed by atoms with Crippen molar-refractivity contribution in [3.8, 4) is 0 Å². The van der Waals surface area contributed by atoms with E-state index in [9.17, 15) is 8.42 Å². The van der Waals surface area contributed by atoms with E-state index in [0.29, 0.717) is 38.0 Å². The van der Waals surface area contributed by atoms with Crippen molar-refractivity contribution >= 4 is 26.9 Å². The van der Waals surface area contributed by atoms with Crippen molar-refractivity contribution in [1.82, 2.24) is 18.8 Å². The van der Waals surface area contributed by atoms with Crippen LogP contribution in [-0.2, 0) is 27.9 Å². The maximum absolute atomic E-state index is 12.4. The smallest absolute Gasteiger partial charge is 0.216 e. The third-order valence-electron chi connectivity index (χ3n) is 6.20. The number of piperidine rings is 1. The van der Waals surface area contributed by atoms with Gasteiger partial charge in [-0.25, -0.2) is 22.7 Å². The lowest BCUT2D eigenvalue weighted by Crippen LogP contribution is -2.42. The molecule has 1 saturated heterocycles. The number of nitrogens with two attached hydrogens (primary N) is 1. The standard InChI is InChI=1S/C21H35N5O3S/c1-6-29-13-18-24-19-20(15(4)16(5)23-21(19)22)26(18)12-9-17-7-10-25(11-8-17)30(27,28)14(2)3/h14,17H,6-13H2,1-5H3,(H2,22,23). The van der Waals surface area contributed by atoms with Crippen molar-refractivity contribution in [2.45, 2.75) is 72.3 Å². The topological polar surface area (TPSA) is 103 Å². The highest BCUT2D eigenvalue weighted by Gasteiger charge is 2.30. The summed E-state index contributed by atoms with van der Waals surface area (Å²) in [5, 5.41) is -0.363. The molecule has 0 bridgehead atoms. The molecule has 0 saturated carbocycles.